The highest BCUT2D eigenvalue weighted by Gasteiger charge is 2.34. The number of amides is 2. The number of nitrogens with one attached hydrogen (secondary N) is 1. The Morgan fingerprint density at radius 3 is 2.71 bits per heavy atom. The van der Waals surface area contributed by atoms with E-state index in [1.807, 2.05) is 0 Å². The van der Waals surface area contributed by atoms with Crippen LogP contribution < -0.4 is 5.32 Å². The maximum absolute atomic E-state index is 13.5. The monoisotopic (exact) mass is 300 g/mol. The van der Waals surface area contributed by atoms with E-state index in [-0.39, 0.29) is 18.0 Å². The molecule has 0 bridgehead atoms. The summed E-state index contributed by atoms with van der Waals surface area (Å²) in [6.07, 6.45) is 0.699. The Morgan fingerprint density at radius 1 is 1.33 bits per heavy atom. The molecule has 0 aromatic heterocycles. The third kappa shape index (κ3) is 3.01. The van der Waals surface area contributed by atoms with Crippen molar-refractivity contribution >= 4 is 11.8 Å². The lowest BCUT2D eigenvalue weighted by atomic mass is 10.1. The number of halogens is 3. The fourth-order valence-corrected chi connectivity index (χ4v) is 2.41. The van der Waals surface area contributed by atoms with E-state index in [1.54, 1.807) is 6.92 Å². The molecule has 114 valence electrons. The molecule has 1 aromatic carbocycles. The maximum atomic E-state index is 13.5. The number of nitrogens with zero attached hydrogens (tertiary/aromatic N) is 1. The van der Waals surface area contributed by atoms with Crippen LogP contribution in [0.1, 0.15) is 25.3 Å². The minimum atomic E-state index is -1.56. The van der Waals surface area contributed by atoms with Gasteiger partial charge in [0.25, 0.3) is 0 Å². The number of likely N-dealkylation sites (N-methyl/N-ethyl adjacent to an activating group) is 1. The molecule has 21 heavy (non-hydrogen) atoms. The van der Waals surface area contributed by atoms with Crippen LogP contribution in [-0.2, 0) is 16.1 Å². The van der Waals surface area contributed by atoms with Gasteiger partial charge in [0, 0.05) is 25.1 Å². The fraction of sp³-hybridized carbons (Fsp3) is 0.429. The van der Waals surface area contributed by atoms with Crippen molar-refractivity contribution in [1.82, 2.24) is 10.2 Å². The average Bonchev–Trinajstić information content (AvgIpc) is 2.84. The van der Waals surface area contributed by atoms with Gasteiger partial charge in [0.15, 0.2) is 17.5 Å². The highest BCUT2D eigenvalue weighted by molar-refractivity contribution is 5.90. The molecule has 1 saturated heterocycles. The van der Waals surface area contributed by atoms with Crippen molar-refractivity contribution in [2.45, 2.75) is 32.4 Å². The summed E-state index contributed by atoms with van der Waals surface area (Å²) in [5.41, 5.74) is -0.144. The van der Waals surface area contributed by atoms with Gasteiger partial charge in [0.05, 0.1) is 0 Å². The number of hydrogen-bond donors (Lipinski definition) is 1. The van der Waals surface area contributed by atoms with E-state index in [9.17, 15) is 22.8 Å². The SMILES string of the molecule is CCN1C(=O)CCC1C(=O)NCc1ccc(F)c(F)c1F. The fourth-order valence-electron chi connectivity index (χ4n) is 2.41. The predicted octanol–water partition coefficient (Wildman–Crippen LogP) is 1.73. The van der Waals surface area contributed by atoms with Crippen molar-refractivity contribution in [1.29, 1.82) is 0 Å². The zero-order chi connectivity index (χ0) is 15.6. The quantitative estimate of drug-likeness (QED) is 0.861. The van der Waals surface area contributed by atoms with E-state index >= 15 is 0 Å². The smallest absolute Gasteiger partial charge is 0.243 e. The Hall–Kier alpha value is -2.05. The van der Waals surface area contributed by atoms with Crippen molar-refractivity contribution in [3.63, 3.8) is 0 Å². The standard InChI is InChI=1S/C14H15F3N2O2/c1-2-19-10(5-6-11(19)20)14(21)18-7-8-3-4-9(15)13(17)12(8)16/h3-4,10H,2,5-7H2,1H3,(H,18,21). The van der Waals surface area contributed by atoms with Gasteiger partial charge in [0.2, 0.25) is 11.8 Å². The van der Waals surface area contributed by atoms with E-state index in [0.717, 1.165) is 12.1 Å². The largest absolute Gasteiger partial charge is 0.350 e. The molecule has 2 amide bonds. The number of likely N-dealkylation sites (tertiary alicyclic amines) is 1. The highest BCUT2D eigenvalue weighted by Crippen LogP contribution is 2.19. The van der Waals surface area contributed by atoms with Crippen molar-refractivity contribution in [3.05, 3.63) is 35.1 Å². The van der Waals surface area contributed by atoms with Crippen LogP contribution in [0.4, 0.5) is 13.2 Å². The molecule has 1 N–H and O–H groups in total. The summed E-state index contributed by atoms with van der Waals surface area (Å²) in [5.74, 6) is -4.68. The highest BCUT2D eigenvalue weighted by atomic mass is 19.2. The van der Waals surface area contributed by atoms with Crippen LogP contribution in [0.25, 0.3) is 0 Å². The molecule has 1 aromatic rings. The summed E-state index contributed by atoms with van der Waals surface area (Å²) < 4.78 is 39.3. The summed E-state index contributed by atoms with van der Waals surface area (Å²) in [6.45, 7) is 1.92. The number of rotatable bonds is 4. The first-order chi connectivity index (χ1) is 9.95. The summed E-state index contributed by atoms with van der Waals surface area (Å²) >= 11 is 0. The van der Waals surface area contributed by atoms with Gasteiger partial charge in [-0.05, 0) is 19.4 Å². The molecule has 0 saturated carbocycles. The Kier molecular flexibility index (Phi) is 4.50. The van der Waals surface area contributed by atoms with Crippen molar-refractivity contribution in [2.75, 3.05) is 6.54 Å². The third-order valence-corrected chi connectivity index (χ3v) is 3.54. The van der Waals surface area contributed by atoms with Gasteiger partial charge < -0.3 is 10.2 Å². The van der Waals surface area contributed by atoms with Crippen LogP contribution in [0, 0.1) is 17.5 Å². The molecular formula is C14H15F3N2O2. The molecule has 0 spiro atoms. The van der Waals surface area contributed by atoms with Gasteiger partial charge in [-0.2, -0.15) is 0 Å². The Morgan fingerprint density at radius 2 is 2.05 bits per heavy atom. The van der Waals surface area contributed by atoms with E-state index in [0.29, 0.717) is 19.4 Å². The topological polar surface area (TPSA) is 49.4 Å². The van der Waals surface area contributed by atoms with Gasteiger partial charge in [-0.15, -0.1) is 0 Å². The first kappa shape index (κ1) is 15.3. The molecular weight excluding hydrogens is 285 g/mol. The van der Waals surface area contributed by atoms with Crippen LogP contribution in [0.2, 0.25) is 0 Å². The van der Waals surface area contributed by atoms with Gasteiger partial charge >= 0.3 is 0 Å². The molecule has 1 aliphatic rings. The van der Waals surface area contributed by atoms with Crippen LogP contribution in [0.3, 0.4) is 0 Å². The Bertz CT molecular complexity index is 578. The van der Waals surface area contributed by atoms with Crippen LogP contribution in [0.5, 0.6) is 0 Å². The van der Waals surface area contributed by atoms with Crippen molar-refractivity contribution < 1.29 is 22.8 Å². The maximum Gasteiger partial charge on any atom is 0.243 e. The zero-order valence-corrected chi connectivity index (χ0v) is 11.5. The number of benzene rings is 1. The number of carbonyl (C=O) groups is 2. The van der Waals surface area contributed by atoms with E-state index in [2.05, 4.69) is 5.32 Å². The number of hydrogen-bond acceptors (Lipinski definition) is 2. The van der Waals surface area contributed by atoms with E-state index in [4.69, 9.17) is 0 Å². The normalized spacial score (nSPS) is 18.2. The lowest BCUT2D eigenvalue weighted by molar-refractivity contribution is -0.135. The Balaban J connectivity index is 2.02. The van der Waals surface area contributed by atoms with Crippen molar-refractivity contribution in [3.8, 4) is 0 Å². The molecule has 1 fully saturated rings. The lowest BCUT2D eigenvalue weighted by Gasteiger charge is -2.22. The predicted molar refractivity (Wildman–Crippen MR) is 68.6 cm³/mol. The average molecular weight is 300 g/mol. The van der Waals surface area contributed by atoms with Crippen LogP contribution in [0.15, 0.2) is 12.1 Å². The van der Waals surface area contributed by atoms with E-state index in [1.165, 1.54) is 4.90 Å². The summed E-state index contributed by atoms with van der Waals surface area (Å²) in [4.78, 5) is 25.0. The molecule has 1 heterocycles. The lowest BCUT2D eigenvalue weighted by Crippen LogP contribution is -2.44. The first-order valence-electron chi connectivity index (χ1n) is 6.65. The molecule has 1 aliphatic heterocycles. The summed E-state index contributed by atoms with van der Waals surface area (Å²) in [5, 5.41) is 2.45. The Labute approximate surface area is 119 Å². The van der Waals surface area contributed by atoms with E-state index < -0.39 is 29.4 Å². The summed E-state index contributed by atoms with van der Waals surface area (Å²) in [7, 11) is 0. The summed E-state index contributed by atoms with van der Waals surface area (Å²) in [6, 6.07) is 1.29. The molecule has 0 aliphatic carbocycles. The van der Waals surface area contributed by atoms with Crippen LogP contribution >= 0.6 is 0 Å². The second-order valence-corrected chi connectivity index (χ2v) is 4.79. The van der Waals surface area contributed by atoms with Gasteiger partial charge in [-0.3, -0.25) is 9.59 Å². The number of carbonyl (C=O) groups excluding carboxylic acids is 2. The van der Waals surface area contributed by atoms with Gasteiger partial charge in [-0.25, -0.2) is 13.2 Å². The zero-order valence-electron chi connectivity index (χ0n) is 11.5. The van der Waals surface area contributed by atoms with Crippen LogP contribution in [-0.4, -0.2) is 29.3 Å². The molecule has 1 atom stereocenters. The van der Waals surface area contributed by atoms with Gasteiger partial charge in [0.1, 0.15) is 6.04 Å². The molecule has 1 unspecified atom stereocenters. The first-order valence-corrected chi connectivity index (χ1v) is 6.65. The second-order valence-electron chi connectivity index (χ2n) is 4.79. The second kappa shape index (κ2) is 6.15. The van der Waals surface area contributed by atoms with Crippen molar-refractivity contribution in [2.24, 2.45) is 0 Å². The molecule has 0 radical (unpaired) electrons. The minimum absolute atomic E-state index is 0.100. The minimum Gasteiger partial charge on any atom is -0.350 e. The molecule has 2 rings (SSSR count). The molecule has 4 nitrogen and oxygen atoms in total. The third-order valence-electron chi connectivity index (χ3n) is 3.54. The van der Waals surface area contributed by atoms with Gasteiger partial charge in [-0.1, -0.05) is 6.07 Å². The molecule has 7 heteroatoms.